The summed E-state index contributed by atoms with van der Waals surface area (Å²) in [7, 11) is 0. The summed E-state index contributed by atoms with van der Waals surface area (Å²) in [5, 5.41) is 20.9. The zero-order valence-corrected chi connectivity index (χ0v) is 13.4. The SMILES string of the molecule is CC(C)(C)[C@@H](O)[C@@H](N)c1ccc(Br)c([N+](=O)[O-])c1.Cl. The van der Waals surface area contributed by atoms with Crippen LogP contribution in [-0.4, -0.2) is 16.1 Å². The Morgan fingerprint density at radius 3 is 2.37 bits per heavy atom. The maximum absolute atomic E-state index is 10.8. The van der Waals surface area contributed by atoms with E-state index in [1.54, 1.807) is 12.1 Å². The van der Waals surface area contributed by atoms with Gasteiger partial charge in [0.1, 0.15) is 0 Å². The van der Waals surface area contributed by atoms with Crippen molar-refractivity contribution in [3.8, 4) is 0 Å². The number of nitrogens with zero attached hydrogens (tertiary/aromatic N) is 1. The average Bonchev–Trinajstić information content (AvgIpc) is 2.26. The van der Waals surface area contributed by atoms with E-state index in [9.17, 15) is 15.2 Å². The molecule has 0 amide bonds. The molecular weight excluding hydrogens is 336 g/mol. The van der Waals surface area contributed by atoms with Crippen molar-refractivity contribution in [3.63, 3.8) is 0 Å². The standard InChI is InChI=1S/C12H17BrN2O3.ClH/c1-12(2,3)11(16)10(14)7-4-5-8(13)9(6-7)15(17)18;/h4-6,10-11,16H,14H2,1-3H3;1H/t10-,11-;/m0./s1. The molecule has 0 heterocycles. The Bertz CT molecular complexity index is 463. The Morgan fingerprint density at radius 1 is 1.42 bits per heavy atom. The third kappa shape index (κ3) is 4.42. The van der Waals surface area contributed by atoms with Crippen molar-refractivity contribution in [2.45, 2.75) is 32.9 Å². The second-order valence-corrected chi connectivity index (χ2v) is 6.16. The summed E-state index contributed by atoms with van der Waals surface area (Å²) in [6.45, 7) is 5.60. The number of aliphatic hydroxyl groups excluding tert-OH is 1. The van der Waals surface area contributed by atoms with Gasteiger partial charge in [0.2, 0.25) is 0 Å². The molecule has 3 N–H and O–H groups in total. The lowest BCUT2D eigenvalue weighted by Crippen LogP contribution is -2.36. The summed E-state index contributed by atoms with van der Waals surface area (Å²) in [5.41, 5.74) is 6.06. The van der Waals surface area contributed by atoms with Gasteiger partial charge in [0.05, 0.1) is 21.5 Å². The summed E-state index contributed by atoms with van der Waals surface area (Å²) in [6, 6.07) is 3.99. The number of halogens is 2. The van der Waals surface area contributed by atoms with Crippen LogP contribution in [0.1, 0.15) is 32.4 Å². The molecule has 19 heavy (non-hydrogen) atoms. The molecule has 0 aliphatic carbocycles. The van der Waals surface area contributed by atoms with Crippen molar-refractivity contribution in [2.24, 2.45) is 11.1 Å². The number of nitro groups is 1. The smallest absolute Gasteiger partial charge is 0.283 e. The first-order chi connectivity index (χ1) is 8.14. The molecule has 0 aromatic heterocycles. The highest BCUT2D eigenvalue weighted by molar-refractivity contribution is 9.10. The number of rotatable bonds is 3. The quantitative estimate of drug-likeness (QED) is 0.645. The second-order valence-electron chi connectivity index (χ2n) is 5.30. The first-order valence-electron chi connectivity index (χ1n) is 5.52. The van der Waals surface area contributed by atoms with E-state index in [-0.39, 0.29) is 23.5 Å². The lowest BCUT2D eigenvalue weighted by atomic mass is 9.82. The Kier molecular flexibility index (Phi) is 6.41. The van der Waals surface area contributed by atoms with Crippen LogP contribution >= 0.6 is 28.3 Å². The number of hydrogen-bond donors (Lipinski definition) is 2. The molecule has 0 saturated heterocycles. The topological polar surface area (TPSA) is 89.4 Å². The highest BCUT2D eigenvalue weighted by Gasteiger charge is 2.30. The number of nitro benzene ring substituents is 1. The first-order valence-corrected chi connectivity index (χ1v) is 6.31. The van der Waals surface area contributed by atoms with Gasteiger partial charge in [-0.15, -0.1) is 12.4 Å². The molecule has 0 bridgehead atoms. The van der Waals surface area contributed by atoms with Crippen LogP contribution in [0.3, 0.4) is 0 Å². The average molecular weight is 354 g/mol. The van der Waals surface area contributed by atoms with Crippen molar-refractivity contribution in [1.82, 2.24) is 0 Å². The van der Waals surface area contributed by atoms with E-state index in [0.717, 1.165) is 0 Å². The second kappa shape index (κ2) is 6.65. The molecule has 7 heteroatoms. The Labute approximate surface area is 126 Å². The van der Waals surface area contributed by atoms with Crippen molar-refractivity contribution in [2.75, 3.05) is 0 Å². The summed E-state index contributed by atoms with van der Waals surface area (Å²) >= 11 is 3.11. The Hall–Kier alpha value is -0.690. The molecule has 0 aliphatic rings. The predicted molar refractivity (Wildman–Crippen MR) is 80.4 cm³/mol. The number of nitrogens with two attached hydrogens (primary N) is 1. The molecule has 0 saturated carbocycles. The summed E-state index contributed by atoms with van der Waals surface area (Å²) < 4.78 is 0.397. The fourth-order valence-corrected chi connectivity index (χ4v) is 1.99. The zero-order chi connectivity index (χ0) is 14.1. The molecule has 0 unspecified atom stereocenters. The van der Waals surface area contributed by atoms with E-state index in [4.69, 9.17) is 5.73 Å². The maximum Gasteiger partial charge on any atom is 0.283 e. The van der Waals surface area contributed by atoms with E-state index >= 15 is 0 Å². The lowest BCUT2D eigenvalue weighted by molar-refractivity contribution is -0.385. The van der Waals surface area contributed by atoms with Gasteiger partial charge in [-0.1, -0.05) is 26.8 Å². The minimum Gasteiger partial charge on any atom is -0.391 e. The largest absolute Gasteiger partial charge is 0.391 e. The Morgan fingerprint density at radius 2 is 1.95 bits per heavy atom. The van der Waals surface area contributed by atoms with Gasteiger partial charge < -0.3 is 10.8 Å². The molecule has 1 aromatic rings. The lowest BCUT2D eigenvalue weighted by Gasteiger charge is -2.30. The molecule has 0 spiro atoms. The Balaban J connectivity index is 0.00000324. The first kappa shape index (κ1) is 18.3. The van der Waals surface area contributed by atoms with Gasteiger partial charge in [-0.3, -0.25) is 10.1 Å². The normalized spacial score (nSPS) is 14.4. The van der Waals surface area contributed by atoms with Crippen molar-refractivity contribution >= 4 is 34.0 Å². The monoisotopic (exact) mass is 352 g/mol. The van der Waals surface area contributed by atoms with Crippen molar-refractivity contribution < 1.29 is 10.0 Å². The van der Waals surface area contributed by atoms with Gasteiger partial charge in [0.25, 0.3) is 5.69 Å². The summed E-state index contributed by atoms with van der Waals surface area (Å²) in [4.78, 5) is 10.4. The highest BCUT2D eigenvalue weighted by atomic mass is 79.9. The molecule has 1 aromatic carbocycles. The van der Waals surface area contributed by atoms with E-state index in [1.807, 2.05) is 20.8 Å². The van der Waals surface area contributed by atoms with E-state index < -0.39 is 17.1 Å². The van der Waals surface area contributed by atoms with Crippen LogP contribution in [0.2, 0.25) is 0 Å². The summed E-state index contributed by atoms with van der Waals surface area (Å²) in [5.74, 6) is 0. The molecular formula is C12H18BrClN2O3. The zero-order valence-electron chi connectivity index (χ0n) is 11.0. The van der Waals surface area contributed by atoms with E-state index in [2.05, 4.69) is 15.9 Å². The van der Waals surface area contributed by atoms with Crippen LogP contribution in [0, 0.1) is 15.5 Å². The van der Waals surface area contributed by atoms with Gasteiger partial charge in [-0.2, -0.15) is 0 Å². The molecule has 5 nitrogen and oxygen atoms in total. The predicted octanol–water partition coefficient (Wildman–Crippen LogP) is 3.19. The molecule has 0 fully saturated rings. The van der Waals surface area contributed by atoms with Gasteiger partial charge in [-0.05, 0) is 33.0 Å². The van der Waals surface area contributed by atoms with Crippen LogP contribution in [0.5, 0.6) is 0 Å². The van der Waals surface area contributed by atoms with Gasteiger partial charge in [-0.25, -0.2) is 0 Å². The number of aliphatic hydroxyl groups is 1. The molecule has 0 aliphatic heterocycles. The molecule has 2 atom stereocenters. The van der Waals surface area contributed by atoms with Gasteiger partial charge in [0.15, 0.2) is 0 Å². The fourth-order valence-electron chi connectivity index (χ4n) is 1.60. The van der Waals surface area contributed by atoms with Crippen LogP contribution in [0.4, 0.5) is 5.69 Å². The van der Waals surface area contributed by atoms with Gasteiger partial charge in [0, 0.05) is 6.07 Å². The fraction of sp³-hybridized carbons (Fsp3) is 0.500. The molecule has 0 radical (unpaired) electrons. The molecule has 1 rings (SSSR count). The van der Waals surface area contributed by atoms with Crippen LogP contribution in [0.25, 0.3) is 0 Å². The highest BCUT2D eigenvalue weighted by Crippen LogP contribution is 2.32. The van der Waals surface area contributed by atoms with Crippen LogP contribution < -0.4 is 5.73 Å². The minimum atomic E-state index is -0.779. The van der Waals surface area contributed by atoms with Crippen molar-refractivity contribution in [1.29, 1.82) is 0 Å². The van der Waals surface area contributed by atoms with Crippen LogP contribution in [0.15, 0.2) is 22.7 Å². The number of benzene rings is 1. The van der Waals surface area contributed by atoms with E-state index in [0.29, 0.717) is 10.0 Å². The maximum atomic E-state index is 10.8. The van der Waals surface area contributed by atoms with Crippen LogP contribution in [-0.2, 0) is 0 Å². The number of hydrogen-bond acceptors (Lipinski definition) is 4. The third-order valence-electron chi connectivity index (χ3n) is 2.78. The minimum absolute atomic E-state index is 0. The van der Waals surface area contributed by atoms with Gasteiger partial charge >= 0.3 is 0 Å². The summed E-state index contributed by atoms with van der Waals surface area (Å²) in [6.07, 6.45) is -0.779. The third-order valence-corrected chi connectivity index (χ3v) is 3.45. The molecule has 108 valence electrons. The van der Waals surface area contributed by atoms with Crippen molar-refractivity contribution in [3.05, 3.63) is 38.3 Å². The van der Waals surface area contributed by atoms with E-state index in [1.165, 1.54) is 6.07 Å².